The number of carbonyl (C=O) groups excluding carboxylic acids is 2. The van der Waals surface area contributed by atoms with Gasteiger partial charge in [-0.25, -0.2) is 0 Å². The summed E-state index contributed by atoms with van der Waals surface area (Å²) in [6, 6.07) is 7.07. The van der Waals surface area contributed by atoms with Crippen molar-refractivity contribution in [2.75, 3.05) is 6.54 Å². The molecule has 1 aliphatic heterocycles. The molecular formula is C21H26N4O4. The average molecular weight is 398 g/mol. The topological polar surface area (TPSA) is 94.4 Å². The molecule has 8 heteroatoms. The fraction of sp³-hybridized carbons (Fsp3) is 0.571. The zero-order chi connectivity index (χ0) is 20.5. The third-order valence-corrected chi connectivity index (χ3v) is 6.51. The number of aromatic nitrogens is 3. The number of hydrogen-bond donors (Lipinski definition) is 0. The van der Waals surface area contributed by atoms with Gasteiger partial charge >= 0.3 is 5.97 Å². The molecule has 0 bridgehead atoms. The van der Waals surface area contributed by atoms with Crippen LogP contribution in [-0.4, -0.2) is 44.4 Å². The maximum absolute atomic E-state index is 12.6. The molecule has 2 fully saturated rings. The van der Waals surface area contributed by atoms with Crippen LogP contribution in [0.4, 0.5) is 0 Å². The Kier molecular flexibility index (Phi) is 5.34. The Labute approximate surface area is 168 Å². The summed E-state index contributed by atoms with van der Waals surface area (Å²) >= 11 is 0. The van der Waals surface area contributed by atoms with Gasteiger partial charge in [0.25, 0.3) is 5.56 Å². The lowest BCUT2D eigenvalue weighted by Crippen LogP contribution is -2.45. The van der Waals surface area contributed by atoms with Crippen LogP contribution in [0.1, 0.15) is 39.5 Å². The van der Waals surface area contributed by atoms with E-state index in [1.807, 2.05) is 4.90 Å². The zero-order valence-electron chi connectivity index (χ0n) is 16.8. The van der Waals surface area contributed by atoms with E-state index in [4.69, 9.17) is 4.74 Å². The van der Waals surface area contributed by atoms with E-state index in [-0.39, 0.29) is 30.7 Å². The highest BCUT2D eigenvalue weighted by Crippen LogP contribution is 2.35. The standard InChI is InChI=1S/C21H26N4O4/c1-13-6-5-9-18(14(13)2)24-11-15(10-19(24)26)21(28)29-12-25-20(27)16-7-3-4-8-17(16)22-23-25/h3-4,7-8,13-15,18H,5-6,9-12H2,1-2H3/t13-,14-,15-,18+/m1/s1. The minimum atomic E-state index is -0.504. The van der Waals surface area contributed by atoms with E-state index in [0.717, 1.165) is 17.5 Å². The number of hydrogen-bond acceptors (Lipinski definition) is 6. The first-order valence-corrected chi connectivity index (χ1v) is 10.2. The SMILES string of the molecule is C[C@@H]1[C@H](C)CCC[C@@H]1N1C[C@H](C(=O)OCn2nnc3ccccc3c2=O)CC1=O. The Bertz CT molecular complexity index is 988. The predicted octanol–water partition coefficient (Wildman–Crippen LogP) is 1.97. The summed E-state index contributed by atoms with van der Waals surface area (Å²) in [5.41, 5.74) is 0.130. The van der Waals surface area contributed by atoms with Crippen molar-refractivity contribution >= 4 is 22.8 Å². The van der Waals surface area contributed by atoms with Gasteiger partial charge in [-0.05, 0) is 30.4 Å². The first-order chi connectivity index (χ1) is 14.0. The molecule has 1 aliphatic carbocycles. The van der Waals surface area contributed by atoms with Crippen molar-refractivity contribution in [3.8, 4) is 0 Å². The van der Waals surface area contributed by atoms with Gasteiger partial charge in [0, 0.05) is 19.0 Å². The highest BCUT2D eigenvalue weighted by molar-refractivity contribution is 5.87. The molecule has 2 heterocycles. The van der Waals surface area contributed by atoms with Gasteiger partial charge in [-0.3, -0.25) is 14.4 Å². The van der Waals surface area contributed by atoms with E-state index in [2.05, 4.69) is 24.2 Å². The molecule has 1 aromatic heterocycles. The molecule has 4 rings (SSSR count). The quantitative estimate of drug-likeness (QED) is 0.731. The Morgan fingerprint density at radius 3 is 2.83 bits per heavy atom. The number of ether oxygens (including phenoxy) is 1. The van der Waals surface area contributed by atoms with Crippen molar-refractivity contribution in [2.24, 2.45) is 17.8 Å². The van der Waals surface area contributed by atoms with Crippen molar-refractivity contribution in [3.63, 3.8) is 0 Å². The number of fused-ring (bicyclic) bond motifs is 1. The Hall–Kier alpha value is -2.77. The fourth-order valence-corrected chi connectivity index (χ4v) is 4.55. The van der Waals surface area contributed by atoms with Crippen LogP contribution >= 0.6 is 0 Å². The van der Waals surface area contributed by atoms with E-state index in [1.54, 1.807) is 24.3 Å². The highest BCUT2D eigenvalue weighted by Gasteiger charge is 2.42. The highest BCUT2D eigenvalue weighted by atomic mass is 16.5. The molecule has 2 aromatic rings. The molecule has 154 valence electrons. The van der Waals surface area contributed by atoms with Crippen LogP contribution < -0.4 is 5.56 Å². The summed E-state index contributed by atoms with van der Waals surface area (Å²) in [6.45, 7) is 4.50. The molecule has 1 saturated carbocycles. The zero-order valence-corrected chi connectivity index (χ0v) is 16.8. The first kappa shape index (κ1) is 19.5. The molecule has 0 spiro atoms. The molecule has 4 atom stereocenters. The Balaban J connectivity index is 1.40. The predicted molar refractivity (Wildman–Crippen MR) is 106 cm³/mol. The van der Waals surface area contributed by atoms with Gasteiger partial charge in [-0.1, -0.05) is 44.0 Å². The van der Waals surface area contributed by atoms with Gasteiger partial charge in [0.1, 0.15) is 5.52 Å². The second kappa shape index (κ2) is 7.93. The Morgan fingerprint density at radius 1 is 1.21 bits per heavy atom. The number of esters is 1. The van der Waals surface area contributed by atoms with E-state index in [0.29, 0.717) is 29.3 Å². The van der Waals surface area contributed by atoms with Gasteiger partial charge in [0.15, 0.2) is 6.73 Å². The van der Waals surface area contributed by atoms with Crippen LogP contribution in [0.3, 0.4) is 0 Å². The minimum absolute atomic E-state index is 0.0144. The normalized spacial score (nSPS) is 27.4. The van der Waals surface area contributed by atoms with Crippen molar-refractivity contribution < 1.29 is 14.3 Å². The number of rotatable bonds is 4. The minimum Gasteiger partial charge on any atom is -0.442 e. The Morgan fingerprint density at radius 2 is 2.00 bits per heavy atom. The molecule has 8 nitrogen and oxygen atoms in total. The third-order valence-electron chi connectivity index (χ3n) is 6.51. The van der Waals surface area contributed by atoms with E-state index in [1.165, 1.54) is 6.42 Å². The average Bonchev–Trinajstić information content (AvgIpc) is 3.11. The van der Waals surface area contributed by atoms with E-state index < -0.39 is 11.9 Å². The molecule has 0 N–H and O–H groups in total. The number of carbonyl (C=O) groups is 2. The molecule has 0 radical (unpaired) electrons. The van der Waals surface area contributed by atoms with Crippen LogP contribution in [0.2, 0.25) is 0 Å². The number of nitrogens with zero attached hydrogens (tertiary/aromatic N) is 4. The van der Waals surface area contributed by atoms with Crippen molar-refractivity contribution in [1.29, 1.82) is 0 Å². The lowest BCUT2D eigenvalue weighted by atomic mass is 9.77. The van der Waals surface area contributed by atoms with E-state index >= 15 is 0 Å². The van der Waals surface area contributed by atoms with Gasteiger partial charge in [0.2, 0.25) is 5.91 Å². The molecular weight excluding hydrogens is 372 g/mol. The number of benzene rings is 1. The summed E-state index contributed by atoms with van der Waals surface area (Å²) in [5.74, 6) is 0.0376. The largest absolute Gasteiger partial charge is 0.442 e. The smallest absolute Gasteiger partial charge is 0.313 e. The lowest BCUT2D eigenvalue weighted by molar-refractivity contribution is -0.153. The van der Waals surface area contributed by atoms with Crippen LogP contribution in [-0.2, 0) is 21.1 Å². The number of likely N-dealkylation sites (tertiary alicyclic amines) is 1. The second-order valence-corrected chi connectivity index (χ2v) is 8.29. The molecule has 1 aromatic carbocycles. The first-order valence-electron chi connectivity index (χ1n) is 10.2. The third kappa shape index (κ3) is 3.75. The maximum Gasteiger partial charge on any atom is 0.313 e. The summed E-state index contributed by atoms with van der Waals surface area (Å²) in [7, 11) is 0. The molecule has 1 saturated heterocycles. The summed E-state index contributed by atoms with van der Waals surface area (Å²) < 4.78 is 6.34. The summed E-state index contributed by atoms with van der Waals surface area (Å²) in [4.78, 5) is 39.4. The van der Waals surface area contributed by atoms with Crippen molar-refractivity contribution in [1.82, 2.24) is 19.9 Å². The molecule has 2 aliphatic rings. The van der Waals surface area contributed by atoms with Gasteiger partial charge in [0.05, 0.1) is 11.3 Å². The van der Waals surface area contributed by atoms with Crippen molar-refractivity contribution in [3.05, 3.63) is 34.6 Å². The van der Waals surface area contributed by atoms with Crippen molar-refractivity contribution in [2.45, 2.75) is 52.3 Å². The van der Waals surface area contributed by atoms with E-state index in [9.17, 15) is 14.4 Å². The number of amides is 1. The molecule has 0 unspecified atom stereocenters. The summed E-state index contributed by atoms with van der Waals surface area (Å²) in [5, 5.41) is 8.22. The molecule has 29 heavy (non-hydrogen) atoms. The maximum atomic E-state index is 12.6. The van der Waals surface area contributed by atoms with Crippen LogP contribution in [0.5, 0.6) is 0 Å². The second-order valence-electron chi connectivity index (χ2n) is 8.29. The monoisotopic (exact) mass is 398 g/mol. The van der Waals surface area contributed by atoms with Crippen LogP contribution in [0.25, 0.3) is 10.9 Å². The van der Waals surface area contributed by atoms with Gasteiger partial charge in [-0.2, -0.15) is 4.68 Å². The lowest BCUT2D eigenvalue weighted by Gasteiger charge is -2.39. The fourth-order valence-electron chi connectivity index (χ4n) is 4.55. The van der Waals surface area contributed by atoms with Crippen LogP contribution in [0.15, 0.2) is 29.1 Å². The molecule has 1 amide bonds. The van der Waals surface area contributed by atoms with Gasteiger partial charge in [-0.15, -0.1) is 5.10 Å². The van der Waals surface area contributed by atoms with Crippen LogP contribution in [0, 0.1) is 17.8 Å². The van der Waals surface area contributed by atoms with Gasteiger partial charge < -0.3 is 9.64 Å². The summed E-state index contributed by atoms with van der Waals surface area (Å²) in [6.07, 6.45) is 3.45.